The molecule has 0 aromatic carbocycles. The van der Waals surface area contributed by atoms with Gasteiger partial charge >= 0.3 is 7.82 Å². The lowest BCUT2D eigenvalue weighted by molar-refractivity contribution is -0.870. The second-order valence-electron chi connectivity index (χ2n) is 19.2. The van der Waals surface area contributed by atoms with Crippen molar-refractivity contribution in [3.63, 3.8) is 0 Å². The molecule has 3 atom stereocenters. The number of aliphatic hydroxyl groups is 1. The summed E-state index contributed by atoms with van der Waals surface area (Å²) in [6, 6.07) is -0.874. The molecule has 0 aliphatic heterocycles. The SMILES string of the molecule is CC/C=C\C/C=C\C/C=C\C/C=C\C/C=C\C/C=C\C/C=C\C/C=C\C/C=C\CCCCCCCCCCCC(=O)NC(COP(=O)(O)OCC[N+](C)(C)C)C(O)/C=C/CC/C=C/CCCCCCC. The molecule has 0 aromatic heterocycles. The van der Waals surface area contributed by atoms with Crippen molar-refractivity contribution in [1.29, 1.82) is 0 Å². The lowest BCUT2D eigenvalue weighted by atomic mass is 10.1. The molecule has 0 aliphatic rings. The van der Waals surface area contributed by atoms with Crippen molar-refractivity contribution in [3.8, 4) is 0 Å². The van der Waals surface area contributed by atoms with Gasteiger partial charge in [-0.3, -0.25) is 13.8 Å². The number of carbonyl (C=O) groups is 1. The second kappa shape index (κ2) is 50.6. The topological polar surface area (TPSA) is 105 Å². The molecule has 0 saturated heterocycles. The largest absolute Gasteiger partial charge is 0.472 e. The third kappa shape index (κ3) is 52.5. The van der Waals surface area contributed by atoms with E-state index in [4.69, 9.17) is 9.05 Å². The van der Waals surface area contributed by atoms with Crippen LogP contribution >= 0.6 is 7.82 Å². The molecule has 9 heteroatoms. The molecular weight excluding hydrogens is 888 g/mol. The van der Waals surface area contributed by atoms with Crippen molar-refractivity contribution in [3.05, 3.63) is 134 Å². The van der Waals surface area contributed by atoms with Crippen LogP contribution in [0.5, 0.6) is 0 Å². The number of phosphoric acid groups is 1. The van der Waals surface area contributed by atoms with Crippen LogP contribution in [0.4, 0.5) is 0 Å². The van der Waals surface area contributed by atoms with Crippen molar-refractivity contribution in [2.45, 2.75) is 206 Å². The summed E-state index contributed by atoms with van der Waals surface area (Å²) in [5.74, 6) is -0.202. The quantitative estimate of drug-likeness (QED) is 0.0243. The molecule has 0 spiro atoms. The van der Waals surface area contributed by atoms with Crippen molar-refractivity contribution >= 4 is 13.7 Å². The van der Waals surface area contributed by atoms with E-state index in [1.54, 1.807) is 6.08 Å². The zero-order valence-corrected chi connectivity index (χ0v) is 46.1. The van der Waals surface area contributed by atoms with Gasteiger partial charge in [-0.2, -0.15) is 0 Å². The third-order valence-electron chi connectivity index (χ3n) is 11.4. The minimum absolute atomic E-state index is 0.0480. The lowest BCUT2D eigenvalue weighted by Gasteiger charge is -2.25. The highest BCUT2D eigenvalue weighted by atomic mass is 31.2. The van der Waals surface area contributed by atoms with Gasteiger partial charge in [-0.25, -0.2) is 4.57 Å². The highest BCUT2D eigenvalue weighted by Gasteiger charge is 2.27. The Balaban J connectivity index is 4.13. The molecule has 0 radical (unpaired) electrons. The van der Waals surface area contributed by atoms with E-state index in [1.807, 2.05) is 27.2 Å². The van der Waals surface area contributed by atoms with E-state index >= 15 is 0 Å². The molecule has 3 unspecified atom stereocenters. The number of allylic oxidation sites excluding steroid dienone is 21. The van der Waals surface area contributed by atoms with Gasteiger partial charge in [0.05, 0.1) is 39.9 Å². The number of aliphatic hydroxyl groups excluding tert-OH is 1. The zero-order valence-electron chi connectivity index (χ0n) is 45.2. The maximum atomic E-state index is 12.9. The Morgan fingerprint density at radius 1 is 0.500 bits per heavy atom. The van der Waals surface area contributed by atoms with Crippen LogP contribution in [-0.2, 0) is 18.4 Å². The number of carbonyl (C=O) groups excluding carboxylic acids is 1. The summed E-state index contributed by atoms with van der Waals surface area (Å²) in [7, 11) is 1.53. The number of hydrogen-bond donors (Lipinski definition) is 3. The molecular formula is C61H104N2O6P+. The molecule has 8 nitrogen and oxygen atoms in total. The minimum atomic E-state index is -4.36. The number of amides is 1. The van der Waals surface area contributed by atoms with E-state index in [2.05, 4.69) is 141 Å². The second-order valence-corrected chi connectivity index (χ2v) is 20.7. The Morgan fingerprint density at radius 3 is 1.31 bits per heavy atom. The molecule has 3 N–H and O–H groups in total. The van der Waals surface area contributed by atoms with Gasteiger partial charge in [-0.05, 0) is 103 Å². The number of quaternary nitrogens is 1. The Kier molecular flexibility index (Phi) is 48.1. The van der Waals surface area contributed by atoms with E-state index in [0.717, 1.165) is 103 Å². The minimum Gasteiger partial charge on any atom is -0.387 e. The molecule has 0 rings (SSSR count). The molecule has 0 heterocycles. The summed E-state index contributed by atoms with van der Waals surface area (Å²) in [5.41, 5.74) is 0. The van der Waals surface area contributed by atoms with Crippen LogP contribution in [0.25, 0.3) is 0 Å². The maximum absolute atomic E-state index is 12.9. The smallest absolute Gasteiger partial charge is 0.387 e. The van der Waals surface area contributed by atoms with Crippen LogP contribution in [0.15, 0.2) is 134 Å². The molecule has 0 bridgehead atoms. The summed E-state index contributed by atoms with van der Waals surface area (Å²) in [5, 5.41) is 13.8. The van der Waals surface area contributed by atoms with Crippen LogP contribution in [-0.4, -0.2) is 73.4 Å². The summed E-state index contributed by atoms with van der Waals surface area (Å²) in [4.78, 5) is 23.2. The van der Waals surface area contributed by atoms with E-state index in [9.17, 15) is 19.4 Å². The Morgan fingerprint density at radius 2 is 0.871 bits per heavy atom. The van der Waals surface area contributed by atoms with Gasteiger partial charge in [0.25, 0.3) is 0 Å². The van der Waals surface area contributed by atoms with E-state index < -0.39 is 20.0 Å². The fourth-order valence-electron chi connectivity index (χ4n) is 7.05. The normalized spacial score (nSPS) is 15.0. The number of nitrogens with one attached hydrogen (secondary N) is 1. The highest BCUT2D eigenvalue weighted by Crippen LogP contribution is 2.43. The summed E-state index contributed by atoms with van der Waals surface area (Å²) in [6.45, 7) is 4.62. The first kappa shape index (κ1) is 66.6. The van der Waals surface area contributed by atoms with Crippen LogP contribution in [0.1, 0.15) is 194 Å². The Hall–Kier alpha value is -3.36. The van der Waals surface area contributed by atoms with Crippen molar-refractivity contribution in [2.24, 2.45) is 0 Å². The summed E-state index contributed by atoms with van der Waals surface area (Å²) in [6.07, 6.45) is 77.0. The molecule has 398 valence electrons. The molecule has 0 fully saturated rings. The standard InChI is InChI=1S/C61H103N2O6P/c1-6-8-10-12-14-16-18-19-20-21-22-23-24-25-26-27-28-29-30-31-32-33-34-35-36-37-38-39-40-41-42-43-45-47-49-51-53-55-61(65)62-59(58-69-70(66,67)68-57-56-63(3,4)5)60(64)54-52-50-48-46-44-17-15-13-11-9-7-2/h8,10,14,16,19-20,22-23,25-26,28-29,31-32,34-35,37-38,44,46,52,54,59-60,64H,6-7,9,11-13,15,17-18,21,24,27,30,33,36,39-43,45,47-51,53,55-58H2,1-5H3,(H-,62,65,66,67)/p+1/b10-8-,16-14-,20-19-,23-22-,26-25-,29-28-,32-31-,35-34-,38-37-,46-44+,54-52+. The van der Waals surface area contributed by atoms with E-state index in [-0.39, 0.29) is 19.1 Å². The first-order chi connectivity index (χ1) is 34.0. The number of nitrogens with zero attached hydrogens (tertiary/aromatic N) is 1. The van der Waals surface area contributed by atoms with Gasteiger partial charge in [-0.15, -0.1) is 0 Å². The van der Waals surface area contributed by atoms with Crippen LogP contribution < -0.4 is 5.32 Å². The predicted octanol–water partition coefficient (Wildman–Crippen LogP) is 16.8. The predicted molar refractivity (Wildman–Crippen MR) is 304 cm³/mol. The van der Waals surface area contributed by atoms with Gasteiger partial charge in [0, 0.05) is 6.42 Å². The van der Waals surface area contributed by atoms with Crippen molar-refractivity contribution < 1.29 is 32.9 Å². The van der Waals surface area contributed by atoms with Crippen LogP contribution in [0.3, 0.4) is 0 Å². The van der Waals surface area contributed by atoms with Crippen LogP contribution in [0, 0.1) is 0 Å². The number of rotatable bonds is 48. The average Bonchev–Trinajstić information content (AvgIpc) is 3.32. The molecule has 0 saturated carbocycles. The van der Waals surface area contributed by atoms with Crippen LogP contribution in [0.2, 0.25) is 0 Å². The first-order valence-electron chi connectivity index (χ1n) is 27.6. The number of likely N-dealkylation sites (N-methyl/N-ethyl adjacent to an activating group) is 1. The average molecular weight is 992 g/mol. The zero-order chi connectivity index (χ0) is 51.3. The van der Waals surface area contributed by atoms with Gasteiger partial charge in [0.15, 0.2) is 0 Å². The Labute approximate surface area is 430 Å². The molecule has 1 amide bonds. The van der Waals surface area contributed by atoms with Gasteiger partial charge in [0.1, 0.15) is 13.2 Å². The lowest BCUT2D eigenvalue weighted by Crippen LogP contribution is -2.45. The number of unbranched alkanes of at least 4 members (excludes halogenated alkanes) is 15. The summed E-state index contributed by atoms with van der Waals surface area (Å²) >= 11 is 0. The third-order valence-corrected chi connectivity index (χ3v) is 12.3. The van der Waals surface area contributed by atoms with Crippen molar-refractivity contribution in [2.75, 3.05) is 40.9 Å². The van der Waals surface area contributed by atoms with E-state index in [0.29, 0.717) is 17.4 Å². The molecule has 0 aliphatic carbocycles. The van der Waals surface area contributed by atoms with Gasteiger partial charge in [0.2, 0.25) is 5.91 Å². The number of hydrogen-bond acceptors (Lipinski definition) is 5. The molecule has 0 aromatic rings. The fraction of sp³-hybridized carbons (Fsp3) is 0.623. The highest BCUT2D eigenvalue weighted by molar-refractivity contribution is 7.47. The Bertz CT molecular complexity index is 1590. The van der Waals surface area contributed by atoms with E-state index in [1.165, 1.54) is 70.6 Å². The number of phosphoric ester groups is 1. The first-order valence-corrected chi connectivity index (χ1v) is 29.1. The fourth-order valence-corrected chi connectivity index (χ4v) is 7.78. The molecule has 70 heavy (non-hydrogen) atoms. The maximum Gasteiger partial charge on any atom is 0.472 e. The van der Waals surface area contributed by atoms with Crippen molar-refractivity contribution in [1.82, 2.24) is 5.32 Å². The monoisotopic (exact) mass is 992 g/mol. The van der Waals surface area contributed by atoms with Gasteiger partial charge in [-0.1, -0.05) is 218 Å². The summed E-state index contributed by atoms with van der Waals surface area (Å²) < 4.78 is 23.6. The van der Waals surface area contributed by atoms with Gasteiger partial charge < -0.3 is 19.8 Å².